The van der Waals surface area contributed by atoms with Gasteiger partial charge in [-0.2, -0.15) is 0 Å². The molecule has 2 aromatic rings. The molecule has 2 aromatic carbocycles. The van der Waals surface area contributed by atoms with E-state index in [1.54, 1.807) is 7.05 Å². The third-order valence-electron chi connectivity index (χ3n) is 4.60. The lowest BCUT2D eigenvalue weighted by molar-refractivity contribution is 0.0420. The Bertz CT molecular complexity index is 717. The monoisotopic (exact) mass is 483 g/mol. The Morgan fingerprint density at radius 2 is 1.96 bits per heavy atom. The molecule has 1 heterocycles. The first kappa shape index (κ1) is 21.9. The summed E-state index contributed by atoms with van der Waals surface area (Å²) < 4.78 is 11.1. The minimum Gasteiger partial charge on any atom is -0.379 e. The summed E-state index contributed by atoms with van der Waals surface area (Å²) in [5.41, 5.74) is 1.33. The number of halogens is 1. The predicted octanol–water partition coefficient (Wildman–Crippen LogP) is 3.36. The highest BCUT2D eigenvalue weighted by Crippen LogP contribution is 2.15. The Kier molecular flexibility index (Phi) is 9.86. The van der Waals surface area contributed by atoms with E-state index in [1.165, 1.54) is 16.3 Å². The van der Waals surface area contributed by atoms with Crippen LogP contribution in [0.1, 0.15) is 18.4 Å². The van der Waals surface area contributed by atoms with Crippen LogP contribution in [-0.2, 0) is 15.9 Å². The number of rotatable bonds is 8. The zero-order valence-corrected chi connectivity index (χ0v) is 18.3. The number of guanidine groups is 1. The quantitative estimate of drug-likeness (QED) is 0.262. The maximum atomic E-state index is 5.77. The second-order valence-corrected chi connectivity index (χ2v) is 6.57. The van der Waals surface area contributed by atoms with Crippen molar-refractivity contribution in [3.8, 4) is 0 Å². The molecule has 1 atom stereocenters. The highest BCUT2D eigenvalue weighted by atomic mass is 127. The summed E-state index contributed by atoms with van der Waals surface area (Å²) in [6, 6.07) is 15.1. The van der Waals surface area contributed by atoms with Gasteiger partial charge in [-0.05, 0) is 35.6 Å². The second-order valence-electron chi connectivity index (χ2n) is 6.57. The van der Waals surface area contributed by atoms with Crippen LogP contribution in [0.4, 0.5) is 0 Å². The molecule has 27 heavy (non-hydrogen) atoms. The number of ether oxygens (including phenoxy) is 2. The van der Waals surface area contributed by atoms with E-state index in [1.807, 2.05) is 0 Å². The third kappa shape index (κ3) is 7.27. The first-order valence-electron chi connectivity index (χ1n) is 9.47. The summed E-state index contributed by atoms with van der Waals surface area (Å²) in [5.74, 6) is 0.843. The number of nitrogens with zero attached hydrogens (tertiary/aromatic N) is 1. The number of benzene rings is 2. The topological polar surface area (TPSA) is 54.9 Å². The van der Waals surface area contributed by atoms with Crippen LogP contribution in [0.2, 0.25) is 0 Å². The average Bonchev–Trinajstić information content (AvgIpc) is 3.19. The van der Waals surface area contributed by atoms with Crippen LogP contribution in [0.15, 0.2) is 47.5 Å². The Morgan fingerprint density at radius 3 is 2.74 bits per heavy atom. The molecule has 0 aliphatic carbocycles. The van der Waals surface area contributed by atoms with Crippen molar-refractivity contribution in [1.82, 2.24) is 10.6 Å². The number of hydrogen-bond donors (Lipinski definition) is 2. The molecule has 6 heteroatoms. The standard InChI is InChI=1S/C21H29N3O2.HI/c1-22-21(23-11-4-13-26-20-10-14-25-16-20)24-12-9-17-7-8-18-5-2-3-6-19(18)15-17;/h2-3,5-8,15,20H,4,9-14,16H2,1H3,(H2,22,23,24);1H. The first-order valence-corrected chi connectivity index (χ1v) is 9.47. The number of hydrogen-bond acceptors (Lipinski definition) is 3. The van der Waals surface area contributed by atoms with Gasteiger partial charge in [-0.3, -0.25) is 4.99 Å². The molecule has 1 aliphatic heterocycles. The fourth-order valence-electron chi connectivity index (χ4n) is 3.11. The SMILES string of the molecule is CN=C(NCCCOC1CCOC1)NCCc1ccc2ccccc2c1.I. The van der Waals surface area contributed by atoms with Gasteiger partial charge >= 0.3 is 0 Å². The van der Waals surface area contributed by atoms with Gasteiger partial charge in [0.15, 0.2) is 5.96 Å². The minimum atomic E-state index is 0. The maximum Gasteiger partial charge on any atom is 0.190 e. The zero-order chi connectivity index (χ0) is 18.0. The summed E-state index contributed by atoms with van der Waals surface area (Å²) in [7, 11) is 1.80. The van der Waals surface area contributed by atoms with E-state index in [2.05, 4.69) is 58.1 Å². The smallest absolute Gasteiger partial charge is 0.190 e. The molecule has 2 N–H and O–H groups in total. The molecule has 0 spiro atoms. The lowest BCUT2D eigenvalue weighted by atomic mass is 10.1. The average molecular weight is 483 g/mol. The van der Waals surface area contributed by atoms with Crippen LogP contribution in [0.3, 0.4) is 0 Å². The van der Waals surface area contributed by atoms with E-state index < -0.39 is 0 Å². The number of fused-ring (bicyclic) bond motifs is 1. The Hall–Kier alpha value is -1.38. The van der Waals surface area contributed by atoms with Gasteiger partial charge in [-0.25, -0.2) is 0 Å². The van der Waals surface area contributed by atoms with Gasteiger partial charge < -0.3 is 20.1 Å². The van der Waals surface area contributed by atoms with Crippen molar-refractivity contribution in [3.63, 3.8) is 0 Å². The van der Waals surface area contributed by atoms with Crippen molar-refractivity contribution < 1.29 is 9.47 Å². The predicted molar refractivity (Wildman–Crippen MR) is 122 cm³/mol. The summed E-state index contributed by atoms with van der Waals surface area (Å²) in [5, 5.41) is 9.29. The second kappa shape index (κ2) is 12.2. The minimum absolute atomic E-state index is 0. The lowest BCUT2D eigenvalue weighted by Gasteiger charge is -2.13. The highest BCUT2D eigenvalue weighted by molar-refractivity contribution is 14.0. The number of nitrogens with one attached hydrogen (secondary N) is 2. The van der Waals surface area contributed by atoms with Gasteiger partial charge in [0.2, 0.25) is 0 Å². The van der Waals surface area contributed by atoms with E-state index in [4.69, 9.17) is 9.47 Å². The van der Waals surface area contributed by atoms with Crippen molar-refractivity contribution in [1.29, 1.82) is 0 Å². The fraction of sp³-hybridized carbons (Fsp3) is 0.476. The summed E-state index contributed by atoms with van der Waals surface area (Å²) in [6.45, 7) is 4.04. The van der Waals surface area contributed by atoms with Crippen LogP contribution in [0.5, 0.6) is 0 Å². The largest absolute Gasteiger partial charge is 0.379 e. The van der Waals surface area contributed by atoms with Crippen LogP contribution in [-0.4, -0.2) is 52.0 Å². The summed E-state index contributed by atoms with van der Waals surface area (Å²) in [4.78, 5) is 4.28. The van der Waals surface area contributed by atoms with Crippen LogP contribution in [0.25, 0.3) is 10.8 Å². The molecule has 0 aromatic heterocycles. The van der Waals surface area contributed by atoms with Gasteiger partial charge in [0.25, 0.3) is 0 Å². The summed E-state index contributed by atoms with van der Waals surface area (Å²) in [6.07, 6.45) is 3.23. The first-order chi connectivity index (χ1) is 12.8. The Morgan fingerprint density at radius 1 is 1.15 bits per heavy atom. The molecular formula is C21H30IN3O2. The molecular weight excluding hydrogens is 453 g/mol. The van der Waals surface area contributed by atoms with E-state index in [0.717, 1.165) is 58.1 Å². The van der Waals surface area contributed by atoms with E-state index in [9.17, 15) is 0 Å². The molecule has 5 nitrogen and oxygen atoms in total. The lowest BCUT2D eigenvalue weighted by Crippen LogP contribution is -2.39. The zero-order valence-electron chi connectivity index (χ0n) is 15.9. The van der Waals surface area contributed by atoms with Crippen molar-refractivity contribution >= 4 is 40.7 Å². The van der Waals surface area contributed by atoms with Crippen LogP contribution >= 0.6 is 24.0 Å². The van der Waals surface area contributed by atoms with Crippen molar-refractivity contribution in [2.24, 2.45) is 4.99 Å². The molecule has 0 bridgehead atoms. The normalized spacial score (nSPS) is 16.9. The Labute approximate surface area is 178 Å². The van der Waals surface area contributed by atoms with E-state index >= 15 is 0 Å². The molecule has 3 rings (SSSR count). The van der Waals surface area contributed by atoms with E-state index in [-0.39, 0.29) is 30.1 Å². The van der Waals surface area contributed by atoms with Crippen molar-refractivity contribution in [3.05, 3.63) is 48.0 Å². The molecule has 1 unspecified atom stereocenters. The third-order valence-corrected chi connectivity index (χ3v) is 4.60. The molecule has 0 saturated carbocycles. The van der Waals surface area contributed by atoms with Crippen molar-refractivity contribution in [2.45, 2.75) is 25.4 Å². The highest BCUT2D eigenvalue weighted by Gasteiger charge is 2.15. The fourth-order valence-corrected chi connectivity index (χ4v) is 3.11. The molecule has 1 saturated heterocycles. The molecule has 148 valence electrons. The van der Waals surface area contributed by atoms with E-state index in [0.29, 0.717) is 0 Å². The Balaban J connectivity index is 0.00000261. The van der Waals surface area contributed by atoms with Gasteiger partial charge in [0.05, 0.1) is 12.7 Å². The molecule has 0 amide bonds. The summed E-state index contributed by atoms with van der Waals surface area (Å²) >= 11 is 0. The molecule has 1 fully saturated rings. The maximum absolute atomic E-state index is 5.77. The molecule has 1 aliphatic rings. The van der Waals surface area contributed by atoms with Gasteiger partial charge in [-0.1, -0.05) is 42.5 Å². The number of aliphatic imine (C=N–C) groups is 1. The van der Waals surface area contributed by atoms with Gasteiger partial charge in [-0.15, -0.1) is 24.0 Å². The van der Waals surface area contributed by atoms with Crippen molar-refractivity contribution in [2.75, 3.05) is 40.0 Å². The van der Waals surface area contributed by atoms with Gasteiger partial charge in [0, 0.05) is 33.4 Å². The van der Waals surface area contributed by atoms with Crippen LogP contribution in [0, 0.1) is 0 Å². The van der Waals surface area contributed by atoms with Crippen LogP contribution < -0.4 is 10.6 Å². The molecule has 0 radical (unpaired) electrons. The van der Waals surface area contributed by atoms with Gasteiger partial charge in [0.1, 0.15) is 0 Å².